The second-order valence-electron chi connectivity index (χ2n) is 4.39. The fourth-order valence-corrected chi connectivity index (χ4v) is 2.20. The number of anilines is 2. The summed E-state index contributed by atoms with van der Waals surface area (Å²) in [5.74, 6) is -0.935. The summed E-state index contributed by atoms with van der Waals surface area (Å²) >= 11 is 3.47. The van der Waals surface area contributed by atoms with Crippen LogP contribution in [-0.4, -0.2) is 11.1 Å². The Morgan fingerprint density at radius 1 is 1.16 bits per heavy atom. The van der Waals surface area contributed by atoms with Gasteiger partial charge in [-0.1, -0.05) is 28.1 Å². The molecule has 98 valence electrons. The molecule has 2 rings (SSSR count). The first kappa shape index (κ1) is 13.6. The van der Waals surface area contributed by atoms with Crippen molar-refractivity contribution >= 4 is 33.3 Å². The molecule has 0 saturated heterocycles. The lowest BCUT2D eigenvalue weighted by atomic mass is 10.1. The molecular weight excluding hydrogens is 306 g/mol. The highest BCUT2D eigenvalue weighted by atomic mass is 79.9. The number of rotatable bonds is 3. The van der Waals surface area contributed by atoms with Gasteiger partial charge in [0.25, 0.3) is 0 Å². The van der Waals surface area contributed by atoms with Gasteiger partial charge in [-0.05, 0) is 49.2 Å². The average molecular weight is 320 g/mol. The summed E-state index contributed by atoms with van der Waals surface area (Å²) in [6, 6.07) is 11.0. The molecular formula is C15H14BrNO2. The first-order valence-corrected chi connectivity index (χ1v) is 6.64. The van der Waals surface area contributed by atoms with Gasteiger partial charge in [-0.3, -0.25) is 0 Å². The summed E-state index contributed by atoms with van der Waals surface area (Å²) in [5.41, 5.74) is 3.82. The second kappa shape index (κ2) is 5.45. The highest BCUT2D eigenvalue weighted by Gasteiger charge is 2.11. The fourth-order valence-electron chi connectivity index (χ4n) is 1.84. The van der Waals surface area contributed by atoms with Gasteiger partial charge in [-0.2, -0.15) is 0 Å². The van der Waals surface area contributed by atoms with E-state index in [1.165, 1.54) is 0 Å². The summed E-state index contributed by atoms with van der Waals surface area (Å²) in [4.78, 5) is 11.2. The van der Waals surface area contributed by atoms with Gasteiger partial charge >= 0.3 is 5.97 Å². The minimum atomic E-state index is -0.935. The molecule has 0 aliphatic rings. The van der Waals surface area contributed by atoms with Crippen LogP contribution in [0.15, 0.2) is 40.9 Å². The predicted molar refractivity (Wildman–Crippen MR) is 80.3 cm³/mol. The van der Waals surface area contributed by atoms with E-state index in [0.29, 0.717) is 5.69 Å². The quantitative estimate of drug-likeness (QED) is 0.875. The Morgan fingerprint density at radius 2 is 1.89 bits per heavy atom. The molecule has 2 N–H and O–H groups in total. The van der Waals surface area contributed by atoms with Gasteiger partial charge in [0.2, 0.25) is 0 Å². The molecule has 19 heavy (non-hydrogen) atoms. The zero-order valence-corrected chi connectivity index (χ0v) is 12.3. The van der Waals surface area contributed by atoms with Gasteiger partial charge < -0.3 is 10.4 Å². The van der Waals surface area contributed by atoms with Gasteiger partial charge in [-0.25, -0.2) is 4.79 Å². The molecule has 0 unspecified atom stereocenters. The molecule has 0 atom stereocenters. The number of halogens is 1. The number of carbonyl (C=O) groups is 1. The van der Waals surface area contributed by atoms with Crippen molar-refractivity contribution in [3.05, 3.63) is 57.6 Å². The minimum absolute atomic E-state index is 0.268. The van der Waals surface area contributed by atoms with Crippen LogP contribution >= 0.6 is 15.9 Å². The minimum Gasteiger partial charge on any atom is -0.478 e. The largest absolute Gasteiger partial charge is 0.478 e. The van der Waals surface area contributed by atoms with Crippen molar-refractivity contribution in [2.75, 3.05) is 5.32 Å². The zero-order valence-electron chi connectivity index (χ0n) is 10.7. The number of hydrogen-bond acceptors (Lipinski definition) is 2. The molecule has 2 aromatic carbocycles. The van der Waals surface area contributed by atoms with E-state index in [9.17, 15) is 9.90 Å². The van der Waals surface area contributed by atoms with Crippen LogP contribution in [0.25, 0.3) is 0 Å². The Morgan fingerprint density at radius 3 is 2.58 bits per heavy atom. The third kappa shape index (κ3) is 2.96. The molecule has 0 saturated carbocycles. The molecule has 0 heterocycles. The normalized spacial score (nSPS) is 10.3. The van der Waals surface area contributed by atoms with E-state index in [4.69, 9.17) is 0 Å². The third-order valence-corrected chi connectivity index (χ3v) is 3.80. The Hall–Kier alpha value is -1.81. The van der Waals surface area contributed by atoms with Gasteiger partial charge in [0.15, 0.2) is 0 Å². The lowest BCUT2D eigenvalue weighted by Gasteiger charge is -2.13. The van der Waals surface area contributed by atoms with Gasteiger partial charge in [-0.15, -0.1) is 0 Å². The maximum atomic E-state index is 11.2. The van der Waals surface area contributed by atoms with Crippen LogP contribution < -0.4 is 5.32 Å². The molecule has 0 radical (unpaired) electrons. The third-order valence-electron chi connectivity index (χ3n) is 2.94. The number of carboxylic acid groups (broad SMARTS) is 1. The summed E-state index contributed by atoms with van der Waals surface area (Å²) in [6.07, 6.45) is 0. The average Bonchev–Trinajstić information content (AvgIpc) is 2.35. The molecule has 3 nitrogen and oxygen atoms in total. The molecule has 0 bridgehead atoms. The lowest BCUT2D eigenvalue weighted by molar-refractivity contribution is 0.0698. The Kier molecular flexibility index (Phi) is 3.90. The van der Waals surface area contributed by atoms with Crippen LogP contribution in [0.2, 0.25) is 0 Å². The fraction of sp³-hybridized carbons (Fsp3) is 0.133. The highest BCUT2D eigenvalue weighted by Crippen LogP contribution is 2.28. The number of nitrogens with one attached hydrogen (secondary N) is 1. The van der Waals surface area contributed by atoms with Crippen molar-refractivity contribution in [2.24, 2.45) is 0 Å². The van der Waals surface area contributed by atoms with Crippen molar-refractivity contribution in [3.8, 4) is 0 Å². The van der Waals surface area contributed by atoms with Gasteiger partial charge in [0.05, 0.1) is 11.3 Å². The van der Waals surface area contributed by atoms with Crippen molar-refractivity contribution in [1.29, 1.82) is 0 Å². The van der Waals surface area contributed by atoms with Crippen LogP contribution in [0.3, 0.4) is 0 Å². The van der Waals surface area contributed by atoms with E-state index in [1.54, 1.807) is 12.1 Å². The van der Waals surface area contributed by atoms with Crippen LogP contribution in [0.5, 0.6) is 0 Å². The maximum Gasteiger partial charge on any atom is 0.337 e. The van der Waals surface area contributed by atoms with E-state index >= 15 is 0 Å². The Balaban J connectivity index is 2.45. The van der Waals surface area contributed by atoms with Crippen LogP contribution in [0, 0.1) is 13.8 Å². The lowest BCUT2D eigenvalue weighted by Crippen LogP contribution is -2.04. The van der Waals surface area contributed by atoms with Gasteiger partial charge in [0, 0.05) is 10.2 Å². The van der Waals surface area contributed by atoms with Crippen molar-refractivity contribution in [1.82, 2.24) is 0 Å². The smallest absolute Gasteiger partial charge is 0.337 e. The van der Waals surface area contributed by atoms with Crippen LogP contribution in [0.4, 0.5) is 11.4 Å². The maximum absolute atomic E-state index is 11.2. The standard InChI is InChI=1S/C15H14BrNO2/c1-9-6-7-11(15(18)19)14(8-9)17-13-5-3-4-12(16)10(13)2/h3-8,17H,1-2H3,(H,18,19). The van der Waals surface area contributed by atoms with E-state index in [2.05, 4.69) is 21.2 Å². The monoisotopic (exact) mass is 319 g/mol. The van der Waals surface area contributed by atoms with Crippen LogP contribution in [0.1, 0.15) is 21.5 Å². The van der Waals surface area contributed by atoms with Crippen molar-refractivity contribution in [3.63, 3.8) is 0 Å². The van der Waals surface area contributed by atoms with E-state index in [-0.39, 0.29) is 5.56 Å². The Bertz CT molecular complexity index is 638. The van der Waals surface area contributed by atoms with Crippen LogP contribution in [-0.2, 0) is 0 Å². The molecule has 0 spiro atoms. The molecule has 0 aliphatic heterocycles. The molecule has 0 aromatic heterocycles. The predicted octanol–water partition coefficient (Wildman–Crippen LogP) is 4.51. The van der Waals surface area contributed by atoms with Crippen molar-refractivity contribution < 1.29 is 9.90 Å². The summed E-state index contributed by atoms with van der Waals surface area (Å²) in [5, 5.41) is 12.4. The second-order valence-corrected chi connectivity index (χ2v) is 5.25. The molecule has 0 aliphatic carbocycles. The van der Waals surface area contributed by atoms with Crippen molar-refractivity contribution in [2.45, 2.75) is 13.8 Å². The highest BCUT2D eigenvalue weighted by molar-refractivity contribution is 9.10. The molecule has 4 heteroatoms. The first-order valence-electron chi connectivity index (χ1n) is 5.85. The molecule has 0 fully saturated rings. The molecule has 2 aromatic rings. The Labute approximate surface area is 120 Å². The number of aryl methyl sites for hydroxylation is 1. The van der Waals surface area contributed by atoms with E-state index in [0.717, 1.165) is 21.3 Å². The van der Waals surface area contributed by atoms with E-state index < -0.39 is 5.97 Å². The van der Waals surface area contributed by atoms with Gasteiger partial charge in [0.1, 0.15) is 0 Å². The zero-order chi connectivity index (χ0) is 14.0. The van der Waals surface area contributed by atoms with E-state index in [1.807, 2.05) is 38.1 Å². The summed E-state index contributed by atoms with van der Waals surface area (Å²) in [6.45, 7) is 3.91. The summed E-state index contributed by atoms with van der Waals surface area (Å²) < 4.78 is 0.988. The SMILES string of the molecule is Cc1ccc(C(=O)O)c(Nc2cccc(Br)c2C)c1. The number of hydrogen-bond donors (Lipinski definition) is 2. The molecule has 0 amide bonds. The topological polar surface area (TPSA) is 49.3 Å². The number of benzene rings is 2. The summed E-state index contributed by atoms with van der Waals surface area (Å²) in [7, 11) is 0. The first-order chi connectivity index (χ1) is 8.99. The number of aromatic carboxylic acids is 1. The number of carboxylic acids is 1.